The van der Waals surface area contributed by atoms with Crippen molar-refractivity contribution in [2.45, 2.75) is 94.3 Å². The second kappa shape index (κ2) is 9.48. The van der Waals surface area contributed by atoms with E-state index in [0.717, 1.165) is 17.7 Å². The fourth-order valence-electron chi connectivity index (χ4n) is 9.45. The number of aliphatic hydroxyl groups is 6. The van der Waals surface area contributed by atoms with Crippen LogP contribution in [0, 0.1) is 28.6 Å². The summed E-state index contributed by atoms with van der Waals surface area (Å²) in [5.74, 6) is -1.05. The van der Waals surface area contributed by atoms with Crippen LogP contribution in [0.5, 0.6) is 0 Å². The summed E-state index contributed by atoms with van der Waals surface area (Å²) in [5.41, 5.74) is -2.74. The van der Waals surface area contributed by atoms with Crippen molar-refractivity contribution >= 4 is 11.6 Å². The molecule has 1 aromatic heterocycles. The summed E-state index contributed by atoms with van der Waals surface area (Å²) in [6.45, 7) is 2.09. The standard InChI is InChI=1S/C29H40ClN3O6/c1-26-13-23(36)25-22(7-8-27(38)12-21(35)11-24(37)28(25,27)16-34)29(26,39)9-6-18(26)14-33-15-20(31-32-33)10-17-2-4-19(30)5-3-17/h2-5,15,18,21-25,34-39H,6-14,16H2,1H3/t18-,21+,22?,23-,24-,25?,26-,27+,28-,29+/m1/s1. The monoisotopic (exact) mass is 561 g/mol. The molecule has 6 N–H and O–H groups in total. The van der Waals surface area contributed by atoms with Gasteiger partial charge in [0.15, 0.2) is 0 Å². The van der Waals surface area contributed by atoms with Crippen LogP contribution in [0.15, 0.2) is 30.5 Å². The lowest BCUT2D eigenvalue weighted by molar-refractivity contribution is -0.317. The molecule has 10 atom stereocenters. The minimum Gasteiger partial charge on any atom is -0.396 e. The van der Waals surface area contributed by atoms with Crippen molar-refractivity contribution in [3.63, 3.8) is 0 Å². The van der Waals surface area contributed by atoms with E-state index in [4.69, 9.17) is 11.6 Å². The number of aromatic nitrogens is 3. The van der Waals surface area contributed by atoms with Crippen molar-refractivity contribution in [1.82, 2.24) is 15.0 Å². The topological polar surface area (TPSA) is 152 Å². The van der Waals surface area contributed by atoms with Gasteiger partial charge < -0.3 is 30.6 Å². The Kier molecular flexibility index (Phi) is 6.70. The van der Waals surface area contributed by atoms with E-state index in [1.807, 2.05) is 42.1 Å². The van der Waals surface area contributed by atoms with Gasteiger partial charge in [0.1, 0.15) is 0 Å². The summed E-state index contributed by atoms with van der Waals surface area (Å²) < 4.78 is 1.83. The van der Waals surface area contributed by atoms with Crippen molar-refractivity contribution in [2.75, 3.05) is 6.61 Å². The first kappa shape index (κ1) is 27.6. The predicted molar refractivity (Wildman–Crippen MR) is 143 cm³/mol. The molecule has 4 aliphatic rings. The van der Waals surface area contributed by atoms with Crippen LogP contribution < -0.4 is 0 Å². The summed E-state index contributed by atoms with van der Waals surface area (Å²) in [4.78, 5) is 0. The minimum absolute atomic E-state index is 0.0295. The fourth-order valence-corrected chi connectivity index (χ4v) is 9.58. The Morgan fingerprint density at radius 3 is 2.51 bits per heavy atom. The highest BCUT2D eigenvalue weighted by atomic mass is 35.5. The van der Waals surface area contributed by atoms with E-state index in [1.54, 1.807) is 0 Å². The molecule has 10 heteroatoms. The van der Waals surface area contributed by atoms with Gasteiger partial charge in [0.2, 0.25) is 0 Å². The maximum absolute atomic E-state index is 12.4. The number of nitrogens with zero attached hydrogens (tertiary/aromatic N) is 3. The van der Waals surface area contributed by atoms with Crippen molar-refractivity contribution < 1.29 is 30.6 Å². The van der Waals surface area contributed by atoms with Gasteiger partial charge in [0.25, 0.3) is 0 Å². The molecule has 1 heterocycles. The first-order valence-electron chi connectivity index (χ1n) is 14.2. The average Bonchev–Trinajstić information content (AvgIpc) is 3.42. The molecule has 2 aromatic rings. The highest BCUT2D eigenvalue weighted by Gasteiger charge is 2.74. The van der Waals surface area contributed by atoms with Crippen molar-refractivity contribution in [1.29, 1.82) is 0 Å². The average molecular weight is 562 g/mol. The van der Waals surface area contributed by atoms with Crippen molar-refractivity contribution in [3.8, 4) is 0 Å². The zero-order valence-electron chi connectivity index (χ0n) is 22.3. The number of fused-ring (bicyclic) bond motifs is 5. The van der Waals surface area contributed by atoms with Gasteiger partial charge in [0, 0.05) is 48.4 Å². The maximum Gasteiger partial charge on any atom is 0.0870 e. The highest BCUT2D eigenvalue weighted by molar-refractivity contribution is 6.30. The third-order valence-electron chi connectivity index (χ3n) is 11.4. The van der Waals surface area contributed by atoms with Gasteiger partial charge in [-0.3, -0.25) is 4.68 Å². The second-order valence-electron chi connectivity index (χ2n) is 13.1. The number of hydrogen-bond acceptors (Lipinski definition) is 8. The van der Waals surface area contributed by atoms with Crippen LogP contribution in [0.4, 0.5) is 0 Å². The molecule has 0 spiro atoms. The van der Waals surface area contributed by atoms with Crippen molar-refractivity contribution in [2.24, 2.45) is 28.6 Å². The first-order valence-corrected chi connectivity index (χ1v) is 14.6. The van der Waals surface area contributed by atoms with E-state index in [0.29, 0.717) is 30.8 Å². The van der Waals surface area contributed by atoms with Gasteiger partial charge >= 0.3 is 0 Å². The lowest BCUT2D eigenvalue weighted by Crippen LogP contribution is -2.75. The smallest absolute Gasteiger partial charge is 0.0870 e. The molecule has 214 valence electrons. The highest BCUT2D eigenvalue weighted by Crippen LogP contribution is 2.69. The zero-order chi connectivity index (χ0) is 27.8. The maximum atomic E-state index is 12.4. The molecule has 9 nitrogen and oxygen atoms in total. The molecule has 0 aliphatic heterocycles. The summed E-state index contributed by atoms with van der Waals surface area (Å²) in [7, 11) is 0. The summed E-state index contributed by atoms with van der Waals surface area (Å²) in [6.07, 6.45) is 1.91. The molecule has 4 aliphatic carbocycles. The summed E-state index contributed by atoms with van der Waals surface area (Å²) in [5, 5.41) is 77.4. The Labute approximate surface area is 233 Å². The van der Waals surface area contributed by atoms with Crippen LogP contribution in [-0.2, 0) is 13.0 Å². The third kappa shape index (κ3) is 3.95. The van der Waals surface area contributed by atoms with Crippen molar-refractivity contribution in [3.05, 3.63) is 46.7 Å². The molecule has 0 amide bonds. The molecule has 4 fully saturated rings. The molecule has 6 rings (SSSR count). The van der Waals surface area contributed by atoms with Crippen LogP contribution in [0.2, 0.25) is 5.02 Å². The molecular weight excluding hydrogens is 522 g/mol. The van der Waals surface area contributed by atoms with E-state index in [-0.39, 0.29) is 31.6 Å². The van der Waals surface area contributed by atoms with Gasteiger partial charge in [0.05, 0.1) is 47.2 Å². The molecule has 39 heavy (non-hydrogen) atoms. The number of rotatable bonds is 5. The van der Waals surface area contributed by atoms with E-state index >= 15 is 0 Å². The Morgan fingerprint density at radius 2 is 1.79 bits per heavy atom. The van der Waals surface area contributed by atoms with Crippen LogP contribution in [0.3, 0.4) is 0 Å². The van der Waals surface area contributed by atoms with E-state index in [1.165, 1.54) is 0 Å². The zero-order valence-corrected chi connectivity index (χ0v) is 23.1. The number of halogens is 1. The van der Waals surface area contributed by atoms with Crippen LogP contribution in [0.25, 0.3) is 0 Å². The quantitative estimate of drug-likeness (QED) is 0.322. The molecule has 0 radical (unpaired) electrons. The number of aliphatic hydroxyl groups excluding tert-OH is 4. The van der Waals surface area contributed by atoms with Crippen LogP contribution >= 0.6 is 11.6 Å². The SMILES string of the molecule is C[C@]12C[C@@H](O)C3C(CC[C@]4(O)C[C@@H](O)C[C@@H](O)[C@]34CO)[C@@]1(O)CC[C@@H]2Cn1cc(Cc2ccc(Cl)cc2)nn1. The molecule has 1 aromatic carbocycles. The number of hydrogen-bond donors (Lipinski definition) is 6. The normalized spacial score (nSPS) is 45.4. The van der Waals surface area contributed by atoms with E-state index in [2.05, 4.69) is 10.3 Å². The minimum atomic E-state index is -1.51. The fraction of sp³-hybridized carbons (Fsp3) is 0.724. The lowest BCUT2D eigenvalue weighted by Gasteiger charge is -2.68. The summed E-state index contributed by atoms with van der Waals surface area (Å²) in [6, 6.07) is 7.64. The van der Waals surface area contributed by atoms with Crippen LogP contribution in [0.1, 0.15) is 63.1 Å². The van der Waals surface area contributed by atoms with Gasteiger partial charge in [-0.25, -0.2) is 0 Å². The predicted octanol–water partition coefficient (Wildman–Crippen LogP) is 1.69. The van der Waals surface area contributed by atoms with Gasteiger partial charge in [-0.05, 0) is 61.6 Å². The summed E-state index contributed by atoms with van der Waals surface area (Å²) >= 11 is 6.00. The van der Waals surface area contributed by atoms with Gasteiger partial charge in [-0.15, -0.1) is 5.10 Å². The molecule has 2 unspecified atom stereocenters. The molecular formula is C29H40ClN3O6. The Bertz CT molecular complexity index is 1210. The molecule has 0 bridgehead atoms. The first-order chi connectivity index (χ1) is 18.5. The second-order valence-corrected chi connectivity index (χ2v) is 13.5. The van der Waals surface area contributed by atoms with E-state index < -0.39 is 58.8 Å². The third-order valence-corrected chi connectivity index (χ3v) is 11.7. The van der Waals surface area contributed by atoms with Gasteiger partial charge in [-0.1, -0.05) is 35.9 Å². The Hall–Kier alpha value is -1.59. The van der Waals surface area contributed by atoms with Crippen LogP contribution in [-0.4, -0.2) is 81.8 Å². The molecule has 0 saturated heterocycles. The molecule has 4 saturated carbocycles. The van der Waals surface area contributed by atoms with E-state index in [9.17, 15) is 30.6 Å². The number of benzene rings is 1. The Morgan fingerprint density at radius 1 is 1.05 bits per heavy atom. The van der Waals surface area contributed by atoms with Gasteiger partial charge in [-0.2, -0.15) is 0 Å². The Balaban J connectivity index is 1.26. The lowest BCUT2D eigenvalue weighted by atomic mass is 9.40. The largest absolute Gasteiger partial charge is 0.396 e.